The predicted octanol–water partition coefficient (Wildman–Crippen LogP) is 6.06. The maximum Gasteiger partial charge on any atom is 0.257 e. The molecular formula is C33H37ClN4O3. The van der Waals surface area contributed by atoms with E-state index >= 15 is 0 Å². The summed E-state index contributed by atoms with van der Waals surface area (Å²) < 4.78 is 0. The fourth-order valence-electron chi connectivity index (χ4n) is 5.80. The number of likely N-dealkylation sites (tertiary alicyclic amines) is 1. The lowest BCUT2D eigenvalue weighted by atomic mass is 9.94. The molecule has 2 aliphatic rings. The zero-order chi connectivity index (χ0) is 28.8. The van der Waals surface area contributed by atoms with Crippen molar-refractivity contribution in [1.82, 2.24) is 9.80 Å². The van der Waals surface area contributed by atoms with Gasteiger partial charge < -0.3 is 20.0 Å². The Bertz CT molecular complexity index is 1380. The Balaban J connectivity index is 1.35. The normalized spacial score (nSPS) is 16.3. The number of carbonyl (C=O) groups excluding carboxylic acids is 3. The number of hydrogen-bond acceptors (Lipinski definition) is 4. The molecule has 8 heteroatoms. The Hall–Kier alpha value is -3.84. The zero-order valence-corrected chi connectivity index (χ0v) is 24.3. The summed E-state index contributed by atoms with van der Waals surface area (Å²) in [4.78, 5) is 46.2. The molecule has 1 atom stereocenters. The summed E-state index contributed by atoms with van der Waals surface area (Å²) in [5.74, 6) is -0.349. The Kier molecular flexibility index (Phi) is 9.24. The fourth-order valence-corrected chi connectivity index (χ4v) is 6.02. The van der Waals surface area contributed by atoms with Crippen molar-refractivity contribution in [2.24, 2.45) is 0 Å². The summed E-state index contributed by atoms with van der Waals surface area (Å²) in [7, 11) is 0. The van der Waals surface area contributed by atoms with E-state index in [0.29, 0.717) is 48.0 Å². The highest BCUT2D eigenvalue weighted by Crippen LogP contribution is 2.30. The van der Waals surface area contributed by atoms with Crippen LogP contribution in [0, 0.1) is 0 Å². The van der Waals surface area contributed by atoms with Gasteiger partial charge in [0.1, 0.15) is 0 Å². The number of benzene rings is 3. The minimum absolute atomic E-state index is 0.0258. The highest BCUT2D eigenvalue weighted by Gasteiger charge is 2.30. The summed E-state index contributed by atoms with van der Waals surface area (Å²) in [5.41, 5.74) is 3.37. The van der Waals surface area contributed by atoms with Crippen molar-refractivity contribution in [3.63, 3.8) is 0 Å². The molecule has 2 saturated heterocycles. The molecule has 0 saturated carbocycles. The molecule has 1 N–H and O–H groups in total. The van der Waals surface area contributed by atoms with Crippen molar-refractivity contribution in [3.8, 4) is 0 Å². The van der Waals surface area contributed by atoms with Crippen LogP contribution in [0.5, 0.6) is 0 Å². The molecule has 0 unspecified atom stereocenters. The number of anilines is 2. The molecule has 214 valence electrons. The number of nitrogens with zero attached hydrogens (tertiary/aromatic N) is 3. The van der Waals surface area contributed by atoms with Gasteiger partial charge in [0.05, 0.1) is 22.1 Å². The zero-order valence-electron chi connectivity index (χ0n) is 23.5. The van der Waals surface area contributed by atoms with Gasteiger partial charge in [-0.1, -0.05) is 61.0 Å². The summed E-state index contributed by atoms with van der Waals surface area (Å²) in [6, 6.07) is 22.4. The third-order valence-corrected chi connectivity index (χ3v) is 8.42. The smallest absolute Gasteiger partial charge is 0.257 e. The Morgan fingerprint density at radius 2 is 1.46 bits per heavy atom. The van der Waals surface area contributed by atoms with Gasteiger partial charge in [0.25, 0.3) is 11.8 Å². The molecule has 0 radical (unpaired) electrons. The molecule has 3 aromatic carbocycles. The van der Waals surface area contributed by atoms with E-state index in [1.54, 1.807) is 30.3 Å². The average molecular weight is 573 g/mol. The third kappa shape index (κ3) is 6.57. The highest BCUT2D eigenvalue weighted by atomic mass is 35.5. The first-order chi connectivity index (χ1) is 20.0. The van der Waals surface area contributed by atoms with Crippen LogP contribution in [0.25, 0.3) is 0 Å². The predicted molar refractivity (Wildman–Crippen MR) is 164 cm³/mol. The molecule has 3 aromatic rings. The minimum atomic E-state index is -0.323. The lowest BCUT2D eigenvalue weighted by Crippen LogP contribution is -2.50. The molecule has 5 rings (SSSR count). The Morgan fingerprint density at radius 1 is 0.780 bits per heavy atom. The number of piperidine rings is 1. The van der Waals surface area contributed by atoms with E-state index in [1.165, 1.54) is 0 Å². The summed E-state index contributed by atoms with van der Waals surface area (Å²) >= 11 is 6.24. The van der Waals surface area contributed by atoms with Crippen LogP contribution in [-0.4, -0.2) is 66.8 Å². The quantitative estimate of drug-likeness (QED) is 0.373. The van der Waals surface area contributed by atoms with Crippen molar-refractivity contribution >= 4 is 40.7 Å². The number of piperazine rings is 1. The molecule has 0 spiro atoms. The van der Waals surface area contributed by atoms with Crippen molar-refractivity contribution < 1.29 is 14.4 Å². The van der Waals surface area contributed by atoms with E-state index in [2.05, 4.69) is 17.1 Å². The van der Waals surface area contributed by atoms with E-state index in [4.69, 9.17) is 11.6 Å². The maximum absolute atomic E-state index is 13.8. The van der Waals surface area contributed by atoms with Gasteiger partial charge in [0, 0.05) is 50.6 Å². The van der Waals surface area contributed by atoms with Gasteiger partial charge >= 0.3 is 0 Å². The molecule has 7 nitrogen and oxygen atoms in total. The maximum atomic E-state index is 13.8. The van der Waals surface area contributed by atoms with Crippen LogP contribution in [0.2, 0.25) is 5.02 Å². The molecule has 2 aliphatic heterocycles. The van der Waals surface area contributed by atoms with Gasteiger partial charge in [0.2, 0.25) is 5.91 Å². The second kappa shape index (κ2) is 13.2. The first-order valence-corrected chi connectivity index (χ1v) is 14.9. The highest BCUT2D eigenvalue weighted by molar-refractivity contribution is 6.34. The monoisotopic (exact) mass is 572 g/mol. The molecule has 2 fully saturated rings. The van der Waals surface area contributed by atoms with Crippen molar-refractivity contribution in [2.75, 3.05) is 49.5 Å². The summed E-state index contributed by atoms with van der Waals surface area (Å²) in [6.45, 7) is 5.94. The molecule has 2 heterocycles. The molecule has 0 bridgehead atoms. The number of halogens is 1. The fraction of sp³-hybridized carbons (Fsp3) is 0.364. The van der Waals surface area contributed by atoms with E-state index in [1.807, 2.05) is 52.3 Å². The first-order valence-electron chi connectivity index (χ1n) is 14.5. The second-order valence-electron chi connectivity index (χ2n) is 10.7. The third-order valence-electron chi connectivity index (χ3n) is 8.09. The van der Waals surface area contributed by atoms with E-state index < -0.39 is 0 Å². The van der Waals surface area contributed by atoms with E-state index in [-0.39, 0.29) is 23.6 Å². The van der Waals surface area contributed by atoms with Gasteiger partial charge in [-0.15, -0.1) is 0 Å². The molecule has 0 aliphatic carbocycles. The Morgan fingerprint density at radius 3 is 2.15 bits per heavy atom. The summed E-state index contributed by atoms with van der Waals surface area (Å²) in [5, 5.41) is 3.29. The molecule has 41 heavy (non-hydrogen) atoms. The number of amides is 3. The lowest BCUT2D eigenvalue weighted by Gasteiger charge is -2.38. The van der Waals surface area contributed by atoms with E-state index in [0.717, 1.165) is 50.0 Å². The van der Waals surface area contributed by atoms with Gasteiger partial charge in [0.15, 0.2) is 0 Å². The van der Waals surface area contributed by atoms with Crippen LogP contribution < -0.4 is 10.2 Å². The van der Waals surface area contributed by atoms with Crippen molar-refractivity contribution in [3.05, 3.63) is 94.5 Å². The summed E-state index contributed by atoms with van der Waals surface area (Å²) in [6.07, 6.45) is 3.86. The average Bonchev–Trinajstić information content (AvgIpc) is 3.02. The largest absolute Gasteiger partial charge is 0.367 e. The van der Waals surface area contributed by atoms with Crippen LogP contribution in [0.1, 0.15) is 64.8 Å². The molecule has 0 aromatic heterocycles. The van der Waals surface area contributed by atoms with Crippen molar-refractivity contribution in [1.29, 1.82) is 0 Å². The van der Waals surface area contributed by atoms with Crippen LogP contribution in [0.4, 0.5) is 11.4 Å². The van der Waals surface area contributed by atoms with E-state index in [9.17, 15) is 14.4 Å². The number of nitrogens with one attached hydrogen (secondary N) is 1. The number of carbonyl (C=O) groups is 3. The van der Waals surface area contributed by atoms with Crippen LogP contribution >= 0.6 is 11.6 Å². The number of rotatable bonds is 7. The van der Waals surface area contributed by atoms with Crippen molar-refractivity contribution in [2.45, 2.75) is 38.5 Å². The SMILES string of the molecule is CC[C@H](C(=O)N1CCN(c2ccc(NC(=O)c3ccccc3Cl)cc2C(=O)N2CCCCC2)CC1)c1ccccc1. The van der Waals surface area contributed by atoms with Crippen LogP contribution in [0.3, 0.4) is 0 Å². The lowest BCUT2D eigenvalue weighted by molar-refractivity contribution is -0.133. The topological polar surface area (TPSA) is 73.0 Å². The molecule has 3 amide bonds. The van der Waals surface area contributed by atoms with Gasteiger partial charge in [-0.25, -0.2) is 0 Å². The van der Waals surface area contributed by atoms with Gasteiger partial charge in [-0.05, 0) is 61.6 Å². The minimum Gasteiger partial charge on any atom is -0.367 e. The van der Waals surface area contributed by atoms with Gasteiger partial charge in [-0.2, -0.15) is 0 Å². The second-order valence-corrected chi connectivity index (χ2v) is 11.1. The number of hydrogen-bond donors (Lipinski definition) is 1. The Labute approximate surface area is 247 Å². The molecular weight excluding hydrogens is 536 g/mol. The van der Waals surface area contributed by atoms with Crippen LogP contribution in [-0.2, 0) is 4.79 Å². The van der Waals surface area contributed by atoms with Gasteiger partial charge in [-0.3, -0.25) is 14.4 Å². The standard InChI is InChI=1S/C33H37ClN4O3/c1-2-26(24-11-5-3-6-12-24)32(40)38-21-19-36(20-22-38)30-16-15-25(35-31(39)27-13-7-8-14-29(27)34)23-28(30)33(41)37-17-9-4-10-18-37/h3,5-8,11-16,23,26H,2,4,9-10,17-22H2,1H3,(H,35,39)/t26-/m0/s1. The first kappa shape index (κ1) is 28.7. The van der Waals surface area contributed by atoms with Crippen LogP contribution in [0.15, 0.2) is 72.8 Å².